The van der Waals surface area contributed by atoms with Crippen LogP contribution in [0.1, 0.15) is 39.8 Å². The molecule has 1 aliphatic heterocycles. The second-order valence-electron chi connectivity index (χ2n) is 6.82. The predicted molar refractivity (Wildman–Crippen MR) is 108 cm³/mol. The maximum atomic E-state index is 12.6. The van der Waals surface area contributed by atoms with Gasteiger partial charge in [0.15, 0.2) is 5.13 Å². The molecule has 3 rings (SSSR count). The van der Waals surface area contributed by atoms with E-state index in [1.807, 2.05) is 32.0 Å². The number of nitrogens with one attached hydrogen (secondary N) is 1. The molecule has 148 valence electrons. The predicted octanol–water partition coefficient (Wildman–Crippen LogP) is 3.24. The highest BCUT2D eigenvalue weighted by Gasteiger charge is 2.35. The average molecular weight is 401 g/mol. The van der Waals surface area contributed by atoms with Gasteiger partial charge in [-0.3, -0.25) is 9.59 Å². The van der Waals surface area contributed by atoms with E-state index in [9.17, 15) is 14.4 Å². The minimum absolute atomic E-state index is 0.0778. The first-order valence-corrected chi connectivity index (χ1v) is 9.94. The van der Waals surface area contributed by atoms with E-state index in [0.717, 1.165) is 28.2 Å². The molecule has 8 heteroatoms. The molecule has 1 aromatic carbocycles. The first-order valence-electron chi connectivity index (χ1n) is 9.13. The molecule has 2 aromatic rings. The SMILES string of the molecule is CCOC(=O)c1sc(NC(=O)[C@@H]2CC(=O)N(c3ccc(C)c(C)c3)C2)nc1C. The van der Waals surface area contributed by atoms with Gasteiger partial charge >= 0.3 is 5.97 Å². The van der Waals surface area contributed by atoms with Gasteiger partial charge in [0.25, 0.3) is 0 Å². The summed E-state index contributed by atoms with van der Waals surface area (Å²) in [6.07, 6.45) is 0.147. The van der Waals surface area contributed by atoms with Gasteiger partial charge in [0.1, 0.15) is 4.88 Å². The number of carbonyl (C=O) groups is 3. The maximum absolute atomic E-state index is 12.6. The Labute approximate surface area is 167 Å². The third kappa shape index (κ3) is 4.06. The van der Waals surface area contributed by atoms with E-state index in [4.69, 9.17) is 4.74 Å². The number of nitrogens with zero attached hydrogens (tertiary/aromatic N) is 2. The number of hydrogen-bond acceptors (Lipinski definition) is 6. The third-order valence-corrected chi connectivity index (χ3v) is 5.84. The van der Waals surface area contributed by atoms with E-state index in [0.29, 0.717) is 22.2 Å². The van der Waals surface area contributed by atoms with Crippen LogP contribution in [0.5, 0.6) is 0 Å². The fourth-order valence-corrected chi connectivity index (χ4v) is 3.93. The van der Waals surface area contributed by atoms with Crippen LogP contribution in [0.15, 0.2) is 18.2 Å². The lowest BCUT2D eigenvalue weighted by atomic mass is 10.1. The Morgan fingerprint density at radius 3 is 2.71 bits per heavy atom. The fourth-order valence-electron chi connectivity index (χ4n) is 3.07. The van der Waals surface area contributed by atoms with Gasteiger partial charge in [0, 0.05) is 18.7 Å². The highest BCUT2D eigenvalue weighted by Crippen LogP contribution is 2.29. The maximum Gasteiger partial charge on any atom is 0.350 e. The minimum atomic E-state index is -0.468. The molecule has 0 saturated carbocycles. The highest BCUT2D eigenvalue weighted by atomic mass is 32.1. The number of benzene rings is 1. The average Bonchev–Trinajstić information content (AvgIpc) is 3.20. The lowest BCUT2D eigenvalue weighted by molar-refractivity contribution is -0.122. The Bertz CT molecular complexity index is 938. The summed E-state index contributed by atoms with van der Waals surface area (Å²) in [7, 11) is 0. The summed E-state index contributed by atoms with van der Waals surface area (Å²) in [4.78, 5) is 43.2. The molecule has 7 nitrogen and oxygen atoms in total. The van der Waals surface area contributed by atoms with Crippen molar-refractivity contribution in [2.24, 2.45) is 5.92 Å². The Morgan fingerprint density at radius 1 is 1.29 bits per heavy atom. The molecular weight excluding hydrogens is 378 g/mol. The van der Waals surface area contributed by atoms with E-state index in [2.05, 4.69) is 10.3 Å². The summed E-state index contributed by atoms with van der Waals surface area (Å²) in [5, 5.41) is 3.07. The summed E-state index contributed by atoms with van der Waals surface area (Å²) in [6.45, 7) is 8.03. The smallest absolute Gasteiger partial charge is 0.350 e. The van der Waals surface area contributed by atoms with Crippen LogP contribution >= 0.6 is 11.3 Å². The Hall–Kier alpha value is -2.74. The van der Waals surface area contributed by atoms with E-state index < -0.39 is 11.9 Å². The van der Waals surface area contributed by atoms with Crippen LogP contribution in [0.4, 0.5) is 10.8 Å². The molecule has 1 N–H and O–H groups in total. The first-order chi connectivity index (χ1) is 13.3. The zero-order chi connectivity index (χ0) is 20.4. The number of ether oxygens (including phenoxy) is 1. The standard InChI is InChI=1S/C20H23N3O4S/c1-5-27-19(26)17-13(4)21-20(28-17)22-18(25)14-9-16(24)23(10-14)15-7-6-11(2)12(3)8-15/h6-8,14H,5,9-10H2,1-4H3,(H,21,22,25)/t14-/m1/s1. The van der Waals surface area contributed by atoms with Crippen molar-refractivity contribution in [1.29, 1.82) is 0 Å². The van der Waals surface area contributed by atoms with E-state index >= 15 is 0 Å². The van der Waals surface area contributed by atoms with E-state index in [1.54, 1.807) is 18.7 Å². The third-order valence-electron chi connectivity index (χ3n) is 4.79. The normalized spacial score (nSPS) is 16.4. The Morgan fingerprint density at radius 2 is 2.04 bits per heavy atom. The number of rotatable bonds is 5. The van der Waals surface area contributed by atoms with Gasteiger partial charge in [0.05, 0.1) is 18.2 Å². The molecule has 0 unspecified atom stereocenters. The zero-order valence-electron chi connectivity index (χ0n) is 16.4. The van der Waals surface area contributed by atoms with Crippen LogP contribution in [0.2, 0.25) is 0 Å². The highest BCUT2D eigenvalue weighted by molar-refractivity contribution is 7.17. The minimum Gasteiger partial charge on any atom is -0.462 e. The molecular formula is C20H23N3O4S. The van der Waals surface area contributed by atoms with Crippen molar-refractivity contribution in [2.75, 3.05) is 23.4 Å². The topological polar surface area (TPSA) is 88.6 Å². The quantitative estimate of drug-likeness (QED) is 0.777. The second-order valence-corrected chi connectivity index (χ2v) is 7.82. The van der Waals surface area contributed by atoms with E-state index in [-0.39, 0.29) is 24.8 Å². The van der Waals surface area contributed by atoms with Crippen molar-refractivity contribution >= 4 is 39.9 Å². The molecule has 2 heterocycles. The van der Waals surface area contributed by atoms with Gasteiger partial charge in [0.2, 0.25) is 11.8 Å². The zero-order valence-corrected chi connectivity index (χ0v) is 17.2. The summed E-state index contributed by atoms with van der Waals surface area (Å²) in [6, 6.07) is 5.83. The summed E-state index contributed by atoms with van der Waals surface area (Å²) >= 11 is 1.08. The van der Waals surface area contributed by atoms with Crippen LogP contribution in [-0.4, -0.2) is 35.9 Å². The lowest BCUT2D eigenvalue weighted by Gasteiger charge is -2.17. The summed E-state index contributed by atoms with van der Waals surface area (Å²) < 4.78 is 4.99. The van der Waals surface area contributed by atoms with Crippen molar-refractivity contribution in [2.45, 2.75) is 34.1 Å². The van der Waals surface area contributed by atoms with Crippen molar-refractivity contribution in [3.05, 3.63) is 39.9 Å². The number of carbonyl (C=O) groups excluding carboxylic acids is 3. The molecule has 1 aliphatic rings. The lowest BCUT2D eigenvalue weighted by Crippen LogP contribution is -2.28. The van der Waals surface area contributed by atoms with E-state index in [1.165, 1.54) is 0 Å². The fraction of sp³-hybridized carbons (Fsp3) is 0.400. The summed E-state index contributed by atoms with van der Waals surface area (Å²) in [5.41, 5.74) is 3.57. The number of amides is 2. The van der Waals surface area contributed by atoms with Gasteiger partial charge in [-0.25, -0.2) is 9.78 Å². The van der Waals surface area contributed by atoms with Crippen LogP contribution < -0.4 is 10.2 Å². The van der Waals surface area contributed by atoms with Gasteiger partial charge in [-0.05, 0) is 51.0 Å². The van der Waals surface area contributed by atoms with Crippen molar-refractivity contribution in [1.82, 2.24) is 4.98 Å². The molecule has 1 aromatic heterocycles. The van der Waals surface area contributed by atoms with Crippen molar-refractivity contribution in [3.63, 3.8) is 0 Å². The number of aromatic nitrogens is 1. The van der Waals surface area contributed by atoms with Crippen LogP contribution in [-0.2, 0) is 14.3 Å². The van der Waals surface area contributed by atoms with Crippen LogP contribution in [0.25, 0.3) is 0 Å². The number of aryl methyl sites for hydroxylation is 3. The molecule has 0 spiro atoms. The number of anilines is 2. The molecule has 1 atom stereocenters. The number of hydrogen-bond donors (Lipinski definition) is 1. The monoisotopic (exact) mass is 401 g/mol. The Kier molecular flexibility index (Phi) is 5.79. The van der Waals surface area contributed by atoms with Gasteiger partial charge in [-0.1, -0.05) is 17.4 Å². The number of esters is 1. The van der Waals surface area contributed by atoms with Gasteiger partial charge in [-0.2, -0.15) is 0 Å². The van der Waals surface area contributed by atoms with Crippen LogP contribution in [0.3, 0.4) is 0 Å². The molecule has 28 heavy (non-hydrogen) atoms. The largest absolute Gasteiger partial charge is 0.462 e. The molecule has 1 saturated heterocycles. The molecule has 1 fully saturated rings. The summed E-state index contributed by atoms with van der Waals surface area (Å²) in [5.74, 6) is -1.27. The molecule has 0 radical (unpaired) electrons. The van der Waals surface area contributed by atoms with Crippen molar-refractivity contribution < 1.29 is 19.1 Å². The second kappa shape index (κ2) is 8.10. The van der Waals surface area contributed by atoms with Gasteiger partial charge in [-0.15, -0.1) is 0 Å². The first kappa shape index (κ1) is 20.0. The molecule has 2 amide bonds. The van der Waals surface area contributed by atoms with Crippen molar-refractivity contribution in [3.8, 4) is 0 Å². The number of thiazole rings is 1. The molecule has 0 aliphatic carbocycles. The van der Waals surface area contributed by atoms with Crippen LogP contribution in [0, 0.1) is 26.7 Å². The molecule has 0 bridgehead atoms. The van der Waals surface area contributed by atoms with Gasteiger partial charge < -0.3 is 15.0 Å². The Balaban J connectivity index is 1.69.